The van der Waals surface area contributed by atoms with E-state index in [1.165, 1.54) is 6.07 Å². The fourth-order valence-electron chi connectivity index (χ4n) is 2.15. The first kappa shape index (κ1) is 12.9. The number of aryl methyl sites for hydroxylation is 2. The molecule has 1 aromatic carbocycles. The number of phenolic OH excluding ortho intramolecular Hbond substituents is 1. The molecule has 0 radical (unpaired) electrons. The summed E-state index contributed by atoms with van der Waals surface area (Å²) in [5.74, 6) is -1.15. The Morgan fingerprint density at radius 2 is 2.16 bits per heavy atom. The summed E-state index contributed by atoms with van der Waals surface area (Å²) in [6.07, 6.45) is 1.76. The van der Waals surface area contributed by atoms with E-state index in [0.29, 0.717) is 16.5 Å². The van der Waals surface area contributed by atoms with Crippen molar-refractivity contribution in [1.82, 2.24) is 4.57 Å². The van der Waals surface area contributed by atoms with E-state index in [9.17, 15) is 20.0 Å². The third-order valence-corrected chi connectivity index (χ3v) is 2.94. The van der Waals surface area contributed by atoms with Gasteiger partial charge in [-0.3, -0.25) is 14.9 Å². The lowest BCUT2D eigenvalue weighted by atomic mass is 10.1. The highest BCUT2D eigenvalue weighted by molar-refractivity contribution is 5.94. The number of aliphatic carboxylic acids is 1. The van der Waals surface area contributed by atoms with Gasteiger partial charge in [-0.05, 0) is 12.0 Å². The van der Waals surface area contributed by atoms with E-state index in [2.05, 4.69) is 0 Å². The van der Waals surface area contributed by atoms with Gasteiger partial charge in [0.25, 0.3) is 5.69 Å². The first-order valence-electron chi connectivity index (χ1n) is 5.57. The molecule has 100 valence electrons. The summed E-state index contributed by atoms with van der Waals surface area (Å²) in [4.78, 5) is 21.1. The summed E-state index contributed by atoms with van der Waals surface area (Å²) in [6.45, 7) is 0. The minimum atomic E-state index is -0.960. The molecule has 1 aromatic heterocycles. The quantitative estimate of drug-likeness (QED) is 0.647. The molecule has 19 heavy (non-hydrogen) atoms. The van der Waals surface area contributed by atoms with Crippen LogP contribution in [0.4, 0.5) is 5.69 Å². The van der Waals surface area contributed by atoms with Gasteiger partial charge in [0.1, 0.15) is 5.75 Å². The van der Waals surface area contributed by atoms with E-state index in [1.807, 2.05) is 0 Å². The number of hydrogen-bond donors (Lipinski definition) is 2. The molecule has 0 saturated heterocycles. The van der Waals surface area contributed by atoms with Gasteiger partial charge >= 0.3 is 5.97 Å². The number of phenols is 1. The van der Waals surface area contributed by atoms with E-state index in [-0.39, 0.29) is 24.3 Å². The van der Waals surface area contributed by atoms with Crippen LogP contribution in [-0.4, -0.2) is 25.7 Å². The van der Waals surface area contributed by atoms with Gasteiger partial charge in [-0.1, -0.05) is 0 Å². The number of carboxylic acids is 1. The molecular weight excluding hydrogens is 252 g/mol. The molecule has 7 heteroatoms. The van der Waals surface area contributed by atoms with Gasteiger partial charge < -0.3 is 14.8 Å². The summed E-state index contributed by atoms with van der Waals surface area (Å²) in [5.41, 5.74) is 0.884. The zero-order valence-corrected chi connectivity index (χ0v) is 10.2. The van der Waals surface area contributed by atoms with Crippen LogP contribution in [0.25, 0.3) is 10.9 Å². The first-order chi connectivity index (χ1) is 8.90. The topological polar surface area (TPSA) is 106 Å². The summed E-state index contributed by atoms with van der Waals surface area (Å²) in [7, 11) is 1.69. The third-order valence-electron chi connectivity index (χ3n) is 2.94. The van der Waals surface area contributed by atoms with Crippen molar-refractivity contribution in [1.29, 1.82) is 0 Å². The molecule has 0 atom stereocenters. The molecule has 0 unspecified atom stereocenters. The predicted molar refractivity (Wildman–Crippen MR) is 67.2 cm³/mol. The van der Waals surface area contributed by atoms with Crippen LogP contribution < -0.4 is 0 Å². The average Bonchev–Trinajstić information content (AvgIpc) is 2.62. The number of nitrogens with zero attached hydrogens (tertiary/aromatic N) is 2. The van der Waals surface area contributed by atoms with Crippen molar-refractivity contribution in [3.05, 3.63) is 34.0 Å². The number of rotatable bonds is 4. The minimum Gasteiger partial charge on any atom is -0.508 e. The number of nitro groups is 1. The number of carbonyl (C=O) groups is 1. The van der Waals surface area contributed by atoms with Gasteiger partial charge in [0.2, 0.25) is 0 Å². The van der Waals surface area contributed by atoms with Crippen molar-refractivity contribution in [2.45, 2.75) is 12.8 Å². The molecule has 0 fully saturated rings. The Morgan fingerprint density at radius 3 is 2.74 bits per heavy atom. The normalized spacial score (nSPS) is 10.8. The number of hydrogen-bond acceptors (Lipinski definition) is 4. The Balaban J connectivity index is 2.65. The molecule has 0 saturated carbocycles. The van der Waals surface area contributed by atoms with Crippen molar-refractivity contribution in [2.24, 2.45) is 7.05 Å². The van der Waals surface area contributed by atoms with Crippen LogP contribution in [0, 0.1) is 10.1 Å². The van der Waals surface area contributed by atoms with Crippen LogP contribution in [0.15, 0.2) is 18.3 Å². The lowest BCUT2D eigenvalue weighted by Gasteiger charge is -2.00. The number of aromatic nitrogens is 1. The van der Waals surface area contributed by atoms with E-state index in [4.69, 9.17) is 5.11 Å². The molecular formula is C12H12N2O5. The number of aromatic hydroxyl groups is 1. The Labute approximate surface area is 107 Å². The lowest BCUT2D eigenvalue weighted by molar-refractivity contribution is -0.383. The second-order valence-corrected chi connectivity index (χ2v) is 4.28. The summed E-state index contributed by atoms with van der Waals surface area (Å²) in [6, 6.07) is 2.50. The molecule has 0 aliphatic carbocycles. The second-order valence-electron chi connectivity index (χ2n) is 4.28. The van der Waals surface area contributed by atoms with Crippen molar-refractivity contribution in [2.75, 3.05) is 0 Å². The molecule has 0 aliphatic heterocycles. The maximum Gasteiger partial charge on any atom is 0.303 e. The molecule has 0 spiro atoms. The Bertz CT molecular complexity index is 674. The Morgan fingerprint density at radius 1 is 1.47 bits per heavy atom. The van der Waals surface area contributed by atoms with Crippen LogP contribution in [0.2, 0.25) is 0 Å². The number of carboxylic acid groups (broad SMARTS) is 1. The summed E-state index contributed by atoms with van der Waals surface area (Å²) < 4.78 is 1.64. The van der Waals surface area contributed by atoms with Crippen LogP contribution >= 0.6 is 0 Å². The fraction of sp³-hybridized carbons (Fsp3) is 0.250. The molecule has 0 aliphatic rings. The fourth-order valence-corrected chi connectivity index (χ4v) is 2.15. The molecule has 0 amide bonds. The van der Waals surface area contributed by atoms with E-state index in [1.54, 1.807) is 17.8 Å². The summed E-state index contributed by atoms with van der Waals surface area (Å²) in [5, 5.41) is 29.6. The molecule has 1 heterocycles. The van der Waals surface area contributed by atoms with Gasteiger partial charge in [-0.25, -0.2) is 0 Å². The second kappa shape index (κ2) is 4.60. The van der Waals surface area contributed by atoms with Gasteiger partial charge in [0, 0.05) is 25.7 Å². The number of benzene rings is 1. The van der Waals surface area contributed by atoms with Gasteiger partial charge in [-0.15, -0.1) is 0 Å². The highest BCUT2D eigenvalue weighted by Crippen LogP contribution is 2.34. The van der Waals surface area contributed by atoms with Crippen LogP contribution in [0.5, 0.6) is 5.75 Å². The maximum atomic E-state index is 11.0. The van der Waals surface area contributed by atoms with Crippen LogP contribution in [0.1, 0.15) is 12.0 Å². The smallest absolute Gasteiger partial charge is 0.303 e. The highest BCUT2D eigenvalue weighted by atomic mass is 16.6. The monoisotopic (exact) mass is 264 g/mol. The Kier molecular flexibility index (Phi) is 3.12. The van der Waals surface area contributed by atoms with Crippen molar-refractivity contribution >= 4 is 22.6 Å². The zero-order chi connectivity index (χ0) is 14.2. The lowest BCUT2D eigenvalue weighted by Crippen LogP contribution is -1.97. The van der Waals surface area contributed by atoms with E-state index < -0.39 is 10.9 Å². The van der Waals surface area contributed by atoms with Crippen LogP contribution in [0.3, 0.4) is 0 Å². The molecule has 2 aromatic rings. The summed E-state index contributed by atoms with van der Waals surface area (Å²) >= 11 is 0. The molecule has 2 rings (SSSR count). The van der Waals surface area contributed by atoms with Crippen LogP contribution in [-0.2, 0) is 18.3 Å². The van der Waals surface area contributed by atoms with Crippen molar-refractivity contribution in [3.8, 4) is 5.75 Å². The average molecular weight is 264 g/mol. The van der Waals surface area contributed by atoms with Gasteiger partial charge in [-0.2, -0.15) is 0 Å². The number of nitro benzene ring substituents is 1. The first-order valence-corrected chi connectivity index (χ1v) is 5.57. The predicted octanol–water partition coefficient (Wildman–Crippen LogP) is 1.81. The largest absolute Gasteiger partial charge is 0.508 e. The van der Waals surface area contributed by atoms with E-state index in [0.717, 1.165) is 6.07 Å². The third kappa shape index (κ3) is 2.35. The highest BCUT2D eigenvalue weighted by Gasteiger charge is 2.20. The van der Waals surface area contributed by atoms with Gasteiger partial charge in [0.15, 0.2) is 0 Å². The maximum absolute atomic E-state index is 11.0. The number of non-ortho nitro benzene ring substituents is 1. The number of fused-ring (bicyclic) bond motifs is 1. The van der Waals surface area contributed by atoms with Crippen molar-refractivity contribution < 1.29 is 19.9 Å². The van der Waals surface area contributed by atoms with Crippen molar-refractivity contribution in [3.63, 3.8) is 0 Å². The van der Waals surface area contributed by atoms with Gasteiger partial charge in [0.05, 0.1) is 21.9 Å². The molecule has 2 N–H and O–H groups in total. The molecule has 7 nitrogen and oxygen atoms in total. The minimum absolute atomic E-state index is 0.100. The standard InChI is InChI=1S/C12H12N2O5/c1-13-6-7(2-3-11(16)17)12-9(13)4-8(15)5-10(12)14(18)19/h4-6,15H,2-3H2,1H3,(H,16,17). The Hall–Kier alpha value is -2.57. The molecule has 0 bridgehead atoms. The zero-order valence-electron chi connectivity index (χ0n) is 10.2. The van der Waals surface area contributed by atoms with E-state index >= 15 is 0 Å². The SMILES string of the molecule is Cn1cc(CCC(=O)O)c2c([N+](=O)[O-])cc(O)cc21.